The summed E-state index contributed by atoms with van der Waals surface area (Å²) in [6.07, 6.45) is 2.25. The van der Waals surface area contributed by atoms with E-state index in [-0.39, 0.29) is 12.3 Å². The van der Waals surface area contributed by atoms with E-state index in [1.165, 1.54) is 0 Å². The lowest BCUT2D eigenvalue weighted by Gasteiger charge is -2.34. The van der Waals surface area contributed by atoms with Crippen LogP contribution in [0.15, 0.2) is 29.6 Å². The van der Waals surface area contributed by atoms with E-state index >= 15 is 0 Å². The maximum Gasteiger partial charge on any atom is 0.229 e. The Bertz CT molecular complexity index is 919. The number of hydrogen-bond donors (Lipinski definition) is 1. The molecule has 3 rings (SSSR count). The second-order valence-corrected chi connectivity index (χ2v) is 9.64. The van der Waals surface area contributed by atoms with Crippen molar-refractivity contribution in [2.24, 2.45) is 0 Å². The minimum Gasteiger partial charge on any atom is -0.340 e. The van der Waals surface area contributed by atoms with E-state index in [2.05, 4.69) is 26.9 Å². The van der Waals surface area contributed by atoms with E-state index in [0.717, 1.165) is 43.0 Å². The van der Waals surface area contributed by atoms with Gasteiger partial charge in [-0.15, -0.1) is 11.3 Å². The van der Waals surface area contributed by atoms with Crippen LogP contribution in [0.2, 0.25) is 0 Å². The smallest absolute Gasteiger partial charge is 0.229 e. The number of thiazole rings is 1. The van der Waals surface area contributed by atoms with Crippen LogP contribution in [0.1, 0.15) is 23.2 Å². The zero-order valence-electron chi connectivity index (χ0n) is 16.2. The monoisotopic (exact) mass is 422 g/mol. The van der Waals surface area contributed by atoms with E-state index in [9.17, 15) is 13.2 Å². The third-order valence-corrected chi connectivity index (χ3v) is 6.30. The maximum atomic E-state index is 12.7. The van der Waals surface area contributed by atoms with Gasteiger partial charge in [0.05, 0.1) is 29.1 Å². The zero-order chi connectivity index (χ0) is 20.1. The molecule has 1 saturated heterocycles. The summed E-state index contributed by atoms with van der Waals surface area (Å²) < 4.78 is 25.5. The Kier molecular flexibility index (Phi) is 6.69. The summed E-state index contributed by atoms with van der Waals surface area (Å²) in [7, 11) is -3.38. The highest BCUT2D eigenvalue weighted by molar-refractivity contribution is 7.92. The van der Waals surface area contributed by atoms with Crippen LogP contribution in [0.5, 0.6) is 0 Å². The molecule has 1 fully saturated rings. The molecule has 152 valence electrons. The van der Waals surface area contributed by atoms with Crippen molar-refractivity contribution < 1.29 is 13.2 Å². The Morgan fingerprint density at radius 2 is 1.93 bits per heavy atom. The van der Waals surface area contributed by atoms with E-state index in [0.29, 0.717) is 24.3 Å². The minimum atomic E-state index is -3.38. The molecule has 0 saturated carbocycles. The second kappa shape index (κ2) is 9.02. The van der Waals surface area contributed by atoms with Crippen molar-refractivity contribution in [2.75, 3.05) is 37.2 Å². The van der Waals surface area contributed by atoms with Crippen LogP contribution in [0.3, 0.4) is 0 Å². The first-order chi connectivity index (χ1) is 13.3. The number of para-hydroxylation sites is 1. The first-order valence-corrected chi connectivity index (χ1v) is 12.1. The molecule has 0 unspecified atom stereocenters. The first kappa shape index (κ1) is 20.8. The number of nitrogens with zero attached hydrogens (tertiary/aromatic N) is 3. The fourth-order valence-corrected chi connectivity index (χ4v) is 4.55. The van der Waals surface area contributed by atoms with Gasteiger partial charge < -0.3 is 4.90 Å². The molecule has 0 bridgehead atoms. The van der Waals surface area contributed by atoms with Gasteiger partial charge in [-0.1, -0.05) is 25.1 Å². The lowest BCUT2D eigenvalue weighted by molar-refractivity contribution is -0.132. The summed E-state index contributed by atoms with van der Waals surface area (Å²) in [5.74, 6) is 0.0179. The number of benzene rings is 1. The summed E-state index contributed by atoms with van der Waals surface area (Å²) in [6, 6.07) is 7.03. The molecule has 1 aliphatic heterocycles. The van der Waals surface area contributed by atoms with E-state index < -0.39 is 10.0 Å². The number of anilines is 1. The molecule has 0 aliphatic carbocycles. The highest BCUT2D eigenvalue weighted by Crippen LogP contribution is 2.19. The Labute approximate surface area is 170 Å². The molecule has 1 aromatic carbocycles. The number of carbonyl (C=O) groups is 1. The molecule has 1 aliphatic rings. The topological polar surface area (TPSA) is 82.6 Å². The Hall–Kier alpha value is -1.97. The van der Waals surface area contributed by atoms with Crippen LogP contribution < -0.4 is 4.72 Å². The third-order valence-electron chi connectivity index (χ3n) is 4.67. The summed E-state index contributed by atoms with van der Waals surface area (Å²) in [4.78, 5) is 21.5. The van der Waals surface area contributed by atoms with Gasteiger partial charge in [-0.2, -0.15) is 0 Å². The van der Waals surface area contributed by atoms with Gasteiger partial charge in [0.25, 0.3) is 0 Å². The minimum absolute atomic E-state index is 0.0179. The van der Waals surface area contributed by atoms with Crippen LogP contribution in [-0.4, -0.2) is 61.5 Å². The molecule has 0 radical (unpaired) electrons. The van der Waals surface area contributed by atoms with Crippen molar-refractivity contribution in [3.05, 3.63) is 45.9 Å². The van der Waals surface area contributed by atoms with E-state index in [4.69, 9.17) is 0 Å². The summed E-state index contributed by atoms with van der Waals surface area (Å²) in [5, 5.41) is 3.27. The van der Waals surface area contributed by atoms with Crippen molar-refractivity contribution >= 4 is 33.0 Å². The van der Waals surface area contributed by atoms with Crippen LogP contribution in [0, 0.1) is 0 Å². The zero-order valence-corrected chi connectivity index (χ0v) is 17.9. The molecule has 0 spiro atoms. The second-order valence-electron chi connectivity index (χ2n) is 6.95. The molecule has 1 amide bonds. The Morgan fingerprint density at radius 3 is 2.57 bits per heavy atom. The Morgan fingerprint density at radius 1 is 1.21 bits per heavy atom. The van der Waals surface area contributed by atoms with E-state index in [1.807, 2.05) is 11.0 Å². The van der Waals surface area contributed by atoms with Gasteiger partial charge in [-0.05, 0) is 18.1 Å². The SMILES string of the molecule is CCc1nc(CN2CCN(C(=O)Cc3ccccc3NS(C)(=O)=O)CC2)cs1. The standard InChI is InChI=1S/C19H26N4O3S2/c1-3-18-20-16(14-27-18)13-22-8-10-23(11-9-22)19(24)12-15-6-4-5-7-17(15)21-28(2,25)26/h4-7,14,21H,3,8-13H2,1-2H3. The number of rotatable bonds is 7. The van der Waals surface area contributed by atoms with Crippen LogP contribution in [0.25, 0.3) is 0 Å². The molecule has 1 aromatic heterocycles. The number of amides is 1. The quantitative estimate of drug-likeness (QED) is 0.738. The molecule has 2 aromatic rings. The number of piperazine rings is 1. The van der Waals surface area contributed by atoms with Gasteiger partial charge in [0, 0.05) is 38.1 Å². The molecule has 1 N–H and O–H groups in total. The average Bonchev–Trinajstić information content (AvgIpc) is 3.10. The molecule has 9 heteroatoms. The Balaban J connectivity index is 1.54. The molecule has 28 heavy (non-hydrogen) atoms. The molecule has 7 nitrogen and oxygen atoms in total. The van der Waals surface area contributed by atoms with Crippen LogP contribution in [-0.2, 0) is 34.2 Å². The highest BCUT2D eigenvalue weighted by atomic mass is 32.2. The summed E-state index contributed by atoms with van der Waals surface area (Å²) >= 11 is 1.70. The van der Waals surface area contributed by atoms with Crippen molar-refractivity contribution in [2.45, 2.75) is 26.3 Å². The number of carbonyl (C=O) groups excluding carboxylic acids is 1. The fraction of sp³-hybridized carbons (Fsp3) is 0.474. The average molecular weight is 423 g/mol. The highest BCUT2D eigenvalue weighted by Gasteiger charge is 2.22. The summed E-state index contributed by atoms with van der Waals surface area (Å²) in [6.45, 7) is 5.90. The molecule has 2 heterocycles. The summed E-state index contributed by atoms with van der Waals surface area (Å²) in [5.41, 5.74) is 2.25. The first-order valence-electron chi connectivity index (χ1n) is 9.33. The van der Waals surface area contributed by atoms with Gasteiger partial charge in [-0.3, -0.25) is 14.4 Å². The molecular formula is C19H26N4O3S2. The van der Waals surface area contributed by atoms with Gasteiger partial charge in [0.15, 0.2) is 0 Å². The molecular weight excluding hydrogens is 396 g/mol. The van der Waals surface area contributed by atoms with Crippen LogP contribution in [0.4, 0.5) is 5.69 Å². The number of aryl methyl sites for hydroxylation is 1. The third kappa shape index (κ3) is 5.76. The number of nitrogens with one attached hydrogen (secondary N) is 1. The van der Waals surface area contributed by atoms with Crippen molar-refractivity contribution in [1.29, 1.82) is 0 Å². The van der Waals surface area contributed by atoms with Crippen molar-refractivity contribution in [1.82, 2.24) is 14.8 Å². The van der Waals surface area contributed by atoms with Crippen LogP contribution >= 0.6 is 11.3 Å². The number of hydrogen-bond acceptors (Lipinski definition) is 6. The fourth-order valence-electron chi connectivity index (χ4n) is 3.22. The van der Waals surface area contributed by atoms with Gasteiger partial charge in [-0.25, -0.2) is 13.4 Å². The lowest BCUT2D eigenvalue weighted by Crippen LogP contribution is -2.48. The lowest BCUT2D eigenvalue weighted by atomic mass is 10.1. The number of aromatic nitrogens is 1. The van der Waals surface area contributed by atoms with Crippen molar-refractivity contribution in [3.63, 3.8) is 0 Å². The maximum absolute atomic E-state index is 12.7. The van der Waals surface area contributed by atoms with Gasteiger partial charge >= 0.3 is 0 Å². The largest absolute Gasteiger partial charge is 0.340 e. The predicted octanol–water partition coefficient (Wildman–Crippen LogP) is 1.96. The van der Waals surface area contributed by atoms with Gasteiger partial charge in [0.2, 0.25) is 15.9 Å². The van der Waals surface area contributed by atoms with Crippen molar-refractivity contribution in [3.8, 4) is 0 Å². The van der Waals surface area contributed by atoms with E-state index in [1.54, 1.807) is 29.5 Å². The normalized spacial score (nSPS) is 15.6. The predicted molar refractivity (Wildman–Crippen MR) is 112 cm³/mol. The van der Waals surface area contributed by atoms with Gasteiger partial charge in [0.1, 0.15) is 0 Å². The number of sulfonamides is 1. The molecule has 0 atom stereocenters.